The fraction of sp³-hybridized carbons (Fsp3) is 0.667. The minimum atomic E-state index is 0.576. The van der Waals surface area contributed by atoms with Crippen LogP contribution in [0.15, 0.2) is 18.2 Å². The van der Waals surface area contributed by atoms with E-state index in [-0.39, 0.29) is 0 Å². The van der Waals surface area contributed by atoms with Gasteiger partial charge in [0.1, 0.15) is 0 Å². The topological polar surface area (TPSA) is 12.0 Å². The van der Waals surface area contributed by atoms with Crippen molar-refractivity contribution in [3.05, 3.63) is 29.3 Å². The monoisotopic (exact) mass is 253 g/mol. The third-order valence-electron chi connectivity index (χ3n) is 6.47. The van der Waals surface area contributed by atoms with E-state index in [0.29, 0.717) is 5.41 Å². The highest BCUT2D eigenvalue weighted by atomic mass is 14.9. The van der Waals surface area contributed by atoms with Gasteiger partial charge < -0.3 is 5.32 Å². The third-order valence-corrected chi connectivity index (χ3v) is 6.47. The Balaban J connectivity index is 1.58. The molecule has 0 spiro atoms. The Kier molecular flexibility index (Phi) is 2.02. The van der Waals surface area contributed by atoms with Crippen molar-refractivity contribution >= 4 is 5.69 Å². The lowest BCUT2D eigenvalue weighted by molar-refractivity contribution is -0.00520. The van der Waals surface area contributed by atoms with Crippen LogP contribution in [0.5, 0.6) is 0 Å². The van der Waals surface area contributed by atoms with Crippen LogP contribution in [0.1, 0.15) is 49.7 Å². The second-order valence-electron chi connectivity index (χ2n) is 7.75. The molecule has 0 aromatic heterocycles. The van der Waals surface area contributed by atoms with Crippen LogP contribution in [0.4, 0.5) is 5.69 Å². The zero-order valence-electron chi connectivity index (χ0n) is 11.6. The zero-order valence-corrected chi connectivity index (χ0v) is 11.6. The number of anilines is 1. The maximum atomic E-state index is 3.50. The molecule has 1 aromatic rings. The molecule has 19 heavy (non-hydrogen) atoms. The van der Waals surface area contributed by atoms with Crippen molar-refractivity contribution in [2.24, 2.45) is 17.8 Å². The lowest BCUT2D eigenvalue weighted by atomic mass is 9.48. The van der Waals surface area contributed by atoms with Gasteiger partial charge in [-0.15, -0.1) is 0 Å². The van der Waals surface area contributed by atoms with Gasteiger partial charge in [-0.25, -0.2) is 0 Å². The lowest BCUT2D eigenvalue weighted by Crippen LogP contribution is -2.48. The van der Waals surface area contributed by atoms with Gasteiger partial charge in [0.2, 0.25) is 0 Å². The first-order valence-corrected chi connectivity index (χ1v) is 8.18. The summed E-state index contributed by atoms with van der Waals surface area (Å²) >= 11 is 0. The Morgan fingerprint density at radius 3 is 2.32 bits per heavy atom. The van der Waals surface area contributed by atoms with E-state index >= 15 is 0 Å². The molecule has 1 heteroatoms. The van der Waals surface area contributed by atoms with E-state index in [1.807, 2.05) is 0 Å². The summed E-state index contributed by atoms with van der Waals surface area (Å²) < 4.78 is 0. The molecule has 0 atom stereocenters. The number of benzene rings is 1. The summed E-state index contributed by atoms with van der Waals surface area (Å²) in [5, 5.41) is 3.50. The number of hydrogen-bond donors (Lipinski definition) is 1. The van der Waals surface area contributed by atoms with Gasteiger partial charge in [-0.2, -0.15) is 0 Å². The van der Waals surface area contributed by atoms with Crippen LogP contribution in [-0.2, 0) is 11.8 Å². The normalized spacial score (nSPS) is 42.2. The van der Waals surface area contributed by atoms with Crippen LogP contribution >= 0.6 is 0 Å². The maximum Gasteiger partial charge on any atom is 0.0373 e. The average molecular weight is 253 g/mol. The smallest absolute Gasteiger partial charge is 0.0373 e. The molecule has 4 saturated carbocycles. The summed E-state index contributed by atoms with van der Waals surface area (Å²) in [5.74, 6) is 3.16. The van der Waals surface area contributed by atoms with Gasteiger partial charge in [-0.3, -0.25) is 0 Å². The molecule has 0 amide bonds. The van der Waals surface area contributed by atoms with Crippen molar-refractivity contribution in [2.45, 2.75) is 50.4 Å². The zero-order chi connectivity index (χ0) is 12.4. The second-order valence-corrected chi connectivity index (χ2v) is 7.75. The summed E-state index contributed by atoms with van der Waals surface area (Å²) in [7, 11) is 0. The van der Waals surface area contributed by atoms with Crippen LogP contribution in [0.3, 0.4) is 0 Å². The van der Waals surface area contributed by atoms with Crippen molar-refractivity contribution in [3.63, 3.8) is 0 Å². The molecule has 4 aliphatic carbocycles. The molecular weight excluding hydrogens is 230 g/mol. The van der Waals surface area contributed by atoms with E-state index in [1.54, 1.807) is 30.4 Å². The molecule has 1 aromatic carbocycles. The van der Waals surface area contributed by atoms with E-state index in [0.717, 1.165) is 24.3 Å². The van der Waals surface area contributed by atoms with E-state index < -0.39 is 0 Å². The third kappa shape index (κ3) is 1.48. The quantitative estimate of drug-likeness (QED) is 0.793. The standard InChI is InChI=1S/C18H23N/c1-2-17-15(3-4-19-17)8-16(1)18-9-12-5-13(10-18)7-14(6-12)11-18/h1-2,8,12-14,19H,3-7,9-11H2. The Hall–Kier alpha value is -0.980. The van der Waals surface area contributed by atoms with Gasteiger partial charge in [0.15, 0.2) is 0 Å². The number of nitrogens with one attached hydrogen (secondary N) is 1. The predicted octanol–water partition coefficient (Wildman–Crippen LogP) is 4.12. The molecule has 6 rings (SSSR count). The highest BCUT2D eigenvalue weighted by Crippen LogP contribution is 2.60. The molecule has 4 fully saturated rings. The van der Waals surface area contributed by atoms with E-state index in [1.165, 1.54) is 31.4 Å². The van der Waals surface area contributed by atoms with Crippen molar-refractivity contribution in [1.29, 1.82) is 0 Å². The maximum absolute atomic E-state index is 3.50. The van der Waals surface area contributed by atoms with Crippen LogP contribution < -0.4 is 5.32 Å². The first-order valence-electron chi connectivity index (χ1n) is 8.18. The van der Waals surface area contributed by atoms with Gasteiger partial charge in [-0.05, 0) is 85.3 Å². The number of hydrogen-bond acceptors (Lipinski definition) is 1. The first-order chi connectivity index (χ1) is 9.31. The van der Waals surface area contributed by atoms with Crippen LogP contribution in [0.2, 0.25) is 0 Å². The predicted molar refractivity (Wildman–Crippen MR) is 78.5 cm³/mol. The number of fused-ring (bicyclic) bond motifs is 1. The Bertz CT molecular complexity index is 495. The molecule has 0 unspecified atom stereocenters. The summed E-state index contributed by atoms with van der Waals surface area (Å²) in [6, 6.07) is 7.36. The Morgan fingerprint density at radius 2 is 1.63 bits per heavy atom. The first kappa shape index (κ1) is 10.8. The van der Waals surface area contributed by atoms with E-state index in [4.69, 9.17) is 0 Å². The van der Waals surface area contributed by atoms with Crippen molar-refractivity contribution < 1.29 is 0 Å². The van der Waals surface area contributed by atoms with Crippen molar-refractivity contribution in [3.8, 4) is 0 Å². The molecule has 1 N–H and O–H groups in total. The number of rotatable bonds is 1. The fourth-order valence-electron chi connectivity index (χ4n) is 6.10. The minimum absolute atomic E-state index is 0.576. The largest absolute Gasteiger partial charge is 0.384 e. The highest BCUT2D eigenvalue weighted by molar-refractivity contribution is 5.57. The highest BCUT2D eigenvalue weighted by Gasteiger charge is 2.51. The van der Waals surface area contributed by atoms with Crippen LogP contribution in [-0.4, -0.2) is 6.54 Å². The molecule has 100 valence electrons. The summed E-state index contributed by atoms with van der Waals surface area (Å²) in [5.41, 5.74) is 5.24. The van der Waals surface area contributed by atoms with Crippen molar-refractivity contribution in [2.75, 3.05) is 11.9 Å². The Morgan fingerprint density at radius 1 is 0.947 bits per heavy atom. The molecule has 1 aliphatic heterocycles. The fourth-order valence-corrected chi connectivity index (χ4v) is 6.10. The molecule has 5 aliphatic rings. The molecule has 0 saturated heterocycles. The van der Waals surface area contributed by atoms with E-state index in [2.05, 4.69) is 23.5 Å². The second kappa shape index (κ2) is 3.56. The minimum Gasteiger partial charge on any atom is -0.384 e. The Labute approximate surface area is 115 Å². The molecule has 4 bridgehead atoms. The summed E-state index contributed by atoms with van der Waals surface area (Å²) in [4.78, 5) is 0. The van der Waals surface area contributed by atoms with Gasteiger partial charge in [0.05, 0.1) is 0 Å². The van der Waals surface area contributed by atoms with Gasteiger partial charge in [-0.1, -0.05) is 12.1 Å². The SMILES string of the molecule is c1cc2c(cc1C13CC4CC(CC(C4)C1)C3)CCN2. The van der Waals surface area contributed by atoms with Crippen molar-refractivity contribution in [1.82, 2.24) is 0 Å². The van der Waals surface area contributed by atoms with E-state index in [9.17, 15) is 0 Å². The molecule has 0 radical (unpaired) electrons. The molecule has 1 heterocycles. The summed E-state index contributed by atoms with van der Waals surface area (Å²) in [6.07, 6.45) is 10.3. The van der Waals surface area contributed by atoms with Gasteiger partial charge in [0, 0.05) is 12.2 Å². The van der Waals surface area contributed by atoms with Gasteiger partial charge >= 0.3 is 0 Å². The van der Waals surface area contributed by atoms with Crippen LogP contribution in [0, 0.1) is 17.8 Å². The molecule has 1 nitrogen and oxygen atoms in total. The average Bonchev–Trinajstić information content (AvgIpc) is 2.84. The lowest BCUT2D eigenvalue weighted by Gasteiger charge is -2.57. The summed E-state index contributed by atoms with van der Waals surface area (Å²) in [6.45, 7) is 1.14. The van der Waals surface area contributed by atoms with Gasteiger partial charge in [0.25, 0.3) is 0 Å². The van der Waals surface area contributed by atoms with Crippen LogP contribution in [0.25, 0.3) is 0 Å². The molecular formula is C18H23N.